The minimum atomic E-state index is -0.245. The van der Waals surface area contributed by atoms with Gasteiger partial charge in [0, 0.05) is 35.8 Å². The second kappa shape index (κ2) is 15.7. The third-order valence-corrected chi connectivity index (χ3v) is 13.6. The Labute approximate surface area is 343 Å². The number of hydrogen-bond donors (Lipinski definition) is 4. The largest absolute Gasteiger partial charge is 0.469 e. The first-order chi connectivity index (χ1) is 27.9. The minimum Gasteiger partial charge on any atom is -0.469 e. The highest BCUT2D eigenvalue weighted by Crippen LogP contribution is 2.46. The molecule has 0 spiro atoms. The summed E-state index contributed by atoms with van der Waals surface area (Å²) in [6.07, 6.45) is 10.0. The maximum absolute atomic E-state index is 12.6. The van der Waals surface area contributed by atoms with Crippen LogP contribution in [0.2, 0.25) is 0 Å². The molecule has 58 heavy (non-hydrogen) atoms. The number of carbonyl (C=O) groups is 1. The highest BCUT2D eigenvalue weighted by atomic mass is 16.8. The maximum Gasteiger partial charge on any atom is 0.305 e. The molecule has 12 bridgehead atoms. The normalized spacial score (nSPS) is 21.2. The summed E-state index contributed by atoms with van der Waals surface area (Å²) < 4.78 is 16.5. The van der Waals surface area contributed by atoms with Crippen molar-refractivity contribution in [3.63, 3.8) is 0 Å². The van der Waals surface area contributed by atoms with Crippen LogP contribution in [0.4, 0.5) is 0 Å². The molecule has 2 unspecified atom stereocenters. The molecule has 0 amide bonds. The second-order valence-corrected chi connectivity index (χ2v) is 16.5. The van der Waals surface area contributed by atoms with Crippen molar-refractivity contribution >= 4 is 35.2 Å². The molecule has 0 aliphatic carbocycles. The van der Waals surface area contributed by atoms with Crippen LogP contribution in [0, 0.1) is 26.7 Å². The average Bonchev–Trinajstić information content (AvgIpc) is 4.01. The van der Waals surface area contributed by atoms with E-state index in [-0.39, 0.29) is 30.6 Å². The molecule has 0 saturated carbocycles. The quantitative estimate of drug-likeness (QED) is 0.152. The summed E-state index contributed by atoms with van der Waals surface area (Å²) in [4.78, 5) is 35.3. The van der Waals surface area contributed by atoms with Crippen LogP contribution in [-0.4, -0.2) is 52.5 Å². The van der Waals surface area contributed by atoms with E-state index in [9.17, 15) is 4.79 Å². The van der Waals surface area contributed by atoms with E-state index in [2.05, 4.69) is 102 Å². The van der Waals surface area contributed by atoms with Crippen LogP contribution in [0.15, 0.2) is 49.2 Å². The summed E-state index contributed by atoms with van der Waals surface area (Å²) in [5.41, 5.74) is 25.0. The fourth-order valence-electron chi connectivity index (χ4n) is 10.1. The van der Waals surface area contributed by atoms with E-state index in [0.717, 1.165) is 100.0 Å². The van der Waals surface area contributed by atoms with Gasteiger partial charge in [-0.25, -0.2) is 9.98 Å². The highest BCUT2D eigenvalue weighted by molar-refractivity contribution is 6.55. The van der Waals surface area contributed by atoms with Crippen molar-refractivity contribution in [1.82, 2.24) is 20.3 Å². The maximum atomic E-state index is 12.6. The number of carbonyl (C=O) groups excluding carboxylic acids is 1. The van der Waals surface area contributed by atoms with Crippen LogP contribution in [0.25, 0.3) is 29.2 Å². The molecule has 8 heterocycles. The Morgan fingerprint density at radius 1 is 0.741 bits per heavy atom. The highest BCUT2D eigenvalue weighted by Gasteiger charge is 2.38. The Hall–Kier alpha value is -4.93. The van der Waals surface area contributed by atoms with E-state index < -0.39 is 0 Å². The van der Waals surface area contributed by atoms with E-state index in [1.54, 1.807) is 0 Å². The number of nitrogens with one attached hydrogen (secondary N) is 4. The van der Waals surface area contributed by atoms with Crippen LogP contribution in [-0.2, 0) is 38.3 Å². The van der Waals surface area contributed by atoms with Gasteiger partial charge in [-0.1, -0.05) is 34.6 Å². The van der Waals surface area contributed by atoms with E-state index in [1.807, 2.05) is 0 Å². The SMILES string of the molecule is CCC1=C2NC(c3[nH]c(c(CC)c3C)C=C3N=C(C4=N/C(=C\c5[nH]c(c(C)c5CC)-c5[nH]c2c(CC)c5C)C(C)=C4CCC2OCO2)C(CCC(=O)OC)=C3C)C1C. The molecule has 2 atom stereocenters. The van der Waals surface area contributed by atoms with Gasteiger partial charge < -0.3 is 34.5 Å². The zero-order valence-electron chi connectivity index (χ0n) is 36.3. The van der Waals surface area contributed by atoms with Crippen molar-refractivity contribution in [2.24, 2.45) is 15.9 Å². The summed E-state index contributed by atoms with van der Waals surface area (Å²) in [5, 5.41) is 4.08. The fourth-order valence-corrected chi connectivity index (χ4v) is 10.1. The number of methoxy groups -OCH3 is 1. The van der Waals surface area contributed by atoms with Gasteiger partial charge in [0.25, 0.3) is 0 Å². The molecule has 10 heteroatoms. The van der Waals surface area contributed by atoms with Gasteiger partial charge in [-0.3, -0.25) is 4.79 Å². The lowest BCUT2D eigenvalue weighted by atomic mass is 9.90. The van der Waals surface area contributed by atoms with Crippen LogP contribution in [0.3, 0.4) is 0 Å². The van der Waals surface area contributed by atoms with Crippen molar-refractivity contribution in [2.45, 2.75) is 133 Å². The molecule has 10 nitrogen and oxygen atoms in total. The standard InChI is InChI=1S/C48H60N6O4/c1-12-29-25(7)41-43-27(9)31(14-3)45(53-43)46-32(15-4)28(10)44(54-46)42-26(8)30(13-2)38(52-42)21-36-24(6)34(17-19-40-57-22-58-40)48(50-36)47-33(16-18-39(55)56-11)23(5)35(49-47)20-37(29)51-41/h20-21,27,40,43,51-54H,12-19,22H2,1-11H3/b35-20?,36-21-. The number of aromatic nitrogens is 3. The molecule has 1 fully saturated rings. The molecule has 1 saturated heterocycles. The van der Waals surface area contributed by atoms with E-state index >= 15 is 0 Å². The van der Waals surface area contributed by atoms with Gasteiger partial charge in [-0.2, -0.15) is 0 Å². The topological polar surface area (TPSA) is 129 Å². The molecule has 5 aliphatic rings. The molecule has 0 aromatic carbocycles. The summed E-state index contributed by atoms with van der Waals surface area (Å²) in [5.74, 6) is 0.0384. The van der Waals surface area contributed by atoms with Crippen LogP contribution in [0.1, 0.15) is 143 Å². The lowest BCUT2D eigenvalue weighted by molar-refractivity contribution is -0.321. The Bertz CT molecular complexity index is 2430. The van der Waals surface area contributed by atoms with Gasteiger partial charge >= 0.3 is 5.97 Å². The van der Waals surface area contributed by atoms with Gasteiger partial charge in [-0.05, 0) is 147 Å². The van der Waals surface area contributed by atoms with Crippen molar-refractivity contribution in [3.05, 3.63) is 95.4 Å². The monoisotopic (exact) mass is 784 g/mol. The Kier molecular flexibility index (Phi) is 10.8. The van der Waals surface area contributed by atoms with Gasteiger partial charge in [-0.15, -0.1) is 0 Å². The lowest BCUT2D eigenvalue weighted by Crippen LogP contribution is -2.30. The van der Waals surface area contributed by atoms with Gasteiger partial charge in [0.15, 0.2) is 13.1 Å². The Morgan fingerprint density at radius 2 is 1.31 bits per heavy atom. The van der Waals surface area contributed by atoms with Gasteiger partial charge in [0.2, 0.25) is 0 Å². The summed E-state index contributed by atoms with van der Waals surface area (Å²) in [6, 6.07) is 0.0841. The molecular weight excluding hydrogens is 725 g/mol. The first-order valence-electron chi connectivity index (χ1n) is 21.4. The van der Waals surface area contributed by atoms with Crippen LogP contribution < -0.4 is 5.32 Å². The smallest absolute Gasteiger partial charge is 0.305 e. The van der Waals surface area contributed by atoms with E-state index in [0.29, 0.717) is 19.6 Å². The number of fused-ring (bicyclic) bond motifs is 14. The predicted octanol–water partition coefficient (Wildman–Crippen LogP) is 10.4. The summed E-state index contributed by atoms with van der Waals surface area (Å²) in [7, 11) is 1.45. The molecule has 5 aliphatic heterocycles. The molecule has 3 aromatic heterocycles. The van der Waals surface area contributed by atoms with Crippen LogP contribution >= 0.6 is 0 Å². The molecule has 3 aromatic rings. The minimum absolute atomic E-state index is 0.0841. The number of esters is 1. The third-order valence-electron chi connectivity index (χ3n) is 13.6. The number of ether oxygens (including phenoxy) is 3. The van der Waals surface area contributed by atoms with E-state index in [1.165, 1.54) is 63.1 Å². The molecule has 0 radical (unpaired) electrons. The second-order valence-electron chi connectivity index (χ2n) is 16.5. The zero-order valence-corrected chi connectivity index (χ0v) is 36.3. The number of hydrogen-bond acceptors (Lipinski definition) is 7. The lowest BCUT2D eigenvalue weighted by Gasteiger charge is -2.27. The number of H-pyrrole nitrogens is 3. The molecular formula is C48H60N6O4. The first-order valence-corrected chi connectivity index (χ1v) is 21.4. The Balaban J connectivity index is 1.39. The molecule has 8 rings (SSSR count). The molecule has 4 N–H and O–H groups in total. The zero-order chi connectivity index (χ0) is 41.2. The predicted molar refractivity (Wildman–Crippen MR) is 234 cm³/mol. The van der Waals surface area contributed by atoms with Gasteiger partial charge in [0.05, 0.1) is 58.7 Å². The number of aromatic amines is 3. The number of aliphatic imine (C=N–C) groups is 2. The number of rotatable bonds is 10. The van der Waals surface area contributed by atoms with Crippen molar-refractivity contribution < 1.29 is 19.0 Å². The van der Waals surface area contributed by atoms with E-state index in [4.69, 9.17) is 24.2 Å². The van der Waals surface area contributed by atoms with Crippen molar-refractivity contribution in [3.8, 4) is 11.4 Å². The third kappa shape index (κ3) is 6.43. The molecule has 306 valence electrons. The fraction of sp³-hybridized carbons (Fsp3) is 0.479. The van der Waals surface area contributed by atoms with Gasteiger partial charge in [0.1, 0.15) is 0 Å². The average molecular weight is 785 g/mol. The van der Waals surface area contributed by atoms with Crippen molar-refractivity contribution in [1.29, 1.82) is 0 Å². The number of allylic oxidation sites excluding steroid dienone is 4. The summed E-state index contributed by atoms with van der Waals surface area (Å²) in [6.45, 7) is 22.8. The Morgan fingerprint density at radius 3 is 1.88 bits per heavy atom. The first kappa shape index (κ1) is 39.9. The van der Waals surface area contributed by atoms with Crippen LogP contribution in [0.5, 0.6) is 0 Å². The number of nitrogens with zero attached hydrogens (tertiary/aromatic N) is 2. The summed E-state index contributed by atoms with van der Waals surface area (Å²) >= 11 is 0. The van der Waals surface area contributed by atoms with Crippen molar-refractivity contribution in [2.75, 3.05) is 13.9 Å².